The molecule has 0 aliphatic heterocycles. The summed E-state index contributed by atoms with van der Waals surface area (Å²) in [7, 11) is 0. The van der Waals surface area contributed by atoms with Gasteiger partial charge in [0.1, 0.15) is 0 Å². The molecule has 0 N–H and O–H groups in total. The summed E-state index contributed by atoms with van der Waals surface area (Å²) in [6.07, 6.45) is 2.04. The molecular weight excluding hydrogens is 268 g/mol. The lowest BCUT2D eigenvalue weighted by Gasteiger charge is -2.12. The first-order valence-electron chi connectivity index (χ1n) is 6.32. The van der Waals surface area contributed by atoms with Gasteiger partial charge in [-0.05, 0) is 11.1 Å². The van der Waals surface area contributed by atoms with Gasteiger partial charge in [0.05, 0.1) is 4.58 Å². The van der Waals surface area contributed by atoms with E-state index in [-0.39, 0.29) is 0 Å². The van der Waals surface area contributed by atoms with Crippen molar-refractivity contribution in [2.24, 2.45) is 0 Å². The van der Waals surface area contributed by atoms with E-state index in [9.17, 15) is 0 Å². The van der Waals surface area contributed by atoms with Gasteiger partial charge in [0.2, 0.25) is 0 Å². The fourth-order valence-electron chi connectivity index (χ4n) is 1.69. The summed E-state index contributed by atoms with van der Waals surface area (Å²) in [5, 5.41) is 0. The van der Waals surface area contributed by atoms with Gasteiger partial charge in [-0.2, -0.15) is 0 Å². The first kappa shape index (κ1) is 14.3. The standard InChI is InChI=1S/C17H18S2/c1-2-17(18-13-15-9-5-3-6-10-15)19-14-16-11-7-4-8-12-16/h2-12,17H,1,13-14H2. The summed E-state index contributed by atoms with van der Waals surface area (Å²) >= 11 is 3.88. The summed E-state index contributed by atoms with van der Waals surface area (Å²) in [6, 6.07) is 21.2. The third kappa shape index (κ3) is 5.17. The highest BCUT2D eigenvalue weighted by Crippen LogP contribution is 2.30. The zero-order valence-electron chi connectivity index (χ0n) is 10.9. The predicted molar refractivity (Wildman–Crippen MR) is 89.5 cm³/mol. The Bertz CT molecular complexity index is 436. The highest BCUT2D eigenvalue weighted by molar-refractivity contribution is 8.16. The van der Waals surface area contributed by atoms with Crippen LogP contribution in [0, 0.1) is 0 Å². The van der Waals surface area contributed by atoms with Gasteiger partial charge in [0, 0.05) is 11.5 Å². The lowest BCUT2D eigenvalue weighted by molar-refractivity contribution is 1.39. The molecule has 0 saturated carbocycles. The third-order valence-corrected chi connectivity index (χ3v) is 5.57. The second-order valence-electron chi connectivity index (χ2n) is 4.20. The molecule has 19 heavy (non-hydrogen) atoms. The van der Waals surface area contributed by atoms with Crippen molar-refractivity contribution < 1.29 is 0 Å². The summed E-state index contributed by atoms with van der Waals surface area (Å²) in [5.41, 5.74) is 2.75. The van der Waals surface area contributed by atoms with Crippen molar-refractivity contribution in [1.82, 2.24) is 0 Å². The van der Waals surface area contributed by atoms with E-state index in [1.807, 2.05) is 29.6 Å². The summed E-state index contributed by atoms with van der Waals surface area (Å²) in [5.74, 6) is 2.08. The fraction of sp³-hybridized carbons (Fsp3) is 0.176. The van der Waals surface area contributed by atoms with Crippen molar-refractivity contribution in [3.63, 3.8) is 0 Å². The average molecular weight is 286 g/mol. The van der Waals surface area contributed by atoms with E-state index < -0.39 is 0 Å². The van der Waals surface area contributed by atoms with Crippen molar-refractivity contribution in [1.29, 1.82) is 0 Å². The Morgan fingerprint density at radius 3 is 1.58 bits per heavy atom. The topological polar surface area (TPSA) is 0 Å². The molecule has 0 aromatic heterocycles. The van der Waals surface area contributed by atoms with Gasteiger partial charge in [0.15, 0.2) is 0 Å². The van der Waals surface area contributed by atoms with Crippen LogP contribution in [0.5, 0.6) is 0 Å². The molecule has 2 aromatic rings. The number of hydrogen-bond donors (Lipinski definition) is 0. The smallest absolute Gasteiger partial charge is 0.0686 e. The first-order chi connectivity index (χ1) is 9.38. The van der Waals surface area contributed by atoms with Gasteiger partial charge in [-0.3, -0.25) is 0 Å². The molecule has 0 nitrogen and oxygen atoms in total. The molecule has 0 aliphatic carbocycles. The number of thioether (sulfide) groups is 2. The monoisotopic (exact) mass is 286 g/mol. The molecule has 0 fully saturated rings. The molecule has 2 aromatic carbocycles. The number of hydrogen-bond acceptors (Lipinski definition) is 2. The van der Waals surface area contributed by atoms with Crippen molar-refractivity contribution in [2.75, 3.05) is 0 Å². The van der Waals surface area contributed by atoms with E-state index in [1.54, 1.807) is 0 Å². The van der Waals surface area contributed by atoms with Crippen molar-refractivity contribution in [2.45, 2.75) is 16.1 Å². The Labute approximate surface area is 124 Å². The van der Waals surface area contributed by atoms with Gasteiger partial charge in [-0.15, -0.1) is 30.1 Å². The van der Waals surface area contributed by atoms with E-state index in [4.69, 9.17) is 0 Å². The van der Waals surface area contributed by atoms with Crippen molar-refractivity contribution in [3.8, 4) is 0 Å². The molecular formula is C17H18S2. The van der Waals surface area contributed by atoms with Crippen LogP contribution < -0.4 is 0 Å². The van der Waals surface area contributed by atoms with Crippen LogP contribution in [0.25, 0.3) is 0 Å². The van der Waals surface area contributed by atoms with Crippen LogP contribution in [0.1, 0.15) is 11.1 Å². The molecule has 0 spiro atoms. The maximum atomic E-state index is 3.94. The molecule has 0 unspecified atom stereocenters. The summed E-state index contributed by atoms with van der Waals surface area (Å²) in [4.78, 5) is 0. The Morgan fingerprint density at radius 2 is 1.21 bits per heavy atom. The van der Waals surface area contributed by atoms with Crippen LogP contribution in [-0.4, -0.2) is 4.58 Å². The SMILES string of the molecule is C=CC(SCc1ccccc1)SCc1ccccc1. The van der Waals surface area contributed by atoms with Crippen molar-refractivity contribution >= 4 is 23.5 Å². The lowest BCUT2D eigenvalue weighted by atomic mass is 10.2. The molecule has 0 atom stereocenters. The zero-order chi connectivity index (χ0) is 13.3. The Morgan fingerprint density at radius 1 is 0.789 bits per heavy atom. The third-order valence-electron chi connectivity index (χ3n) is 2.71. The van der Waals surface area contributed by atoms with E-state index in [1.165, 1.54) is 11.1 Å². The molecule has 2 rings (SSSR count). The molecule has 0 bridgehead atoms. The first-order valence-corrected chi connectivity index (χ1v) is 8.42. The average Bonchev–Trinajstić information content (AvgIpc) is 2.49. The van der Waals surface area contributed by atoms with E-state index in [0.29, 0.717) is 4.58 Å². The van der Waals surface area contributed by atoms with E-state index in [0.717, 1.165) is 11.5 Å². The largest absolute Gasteiger partial charge is 0.139 e. The fourth-order valence-corrected chi connectivity index (χ4v) is 3.85. The second-order valence-corrected chi connectivity index (χ2v) is 6.76. The number of benzene rings is 2. The van der Waals surface area contributed by atoms with Gasteiger partial charge in [-0.25, -0.2) is 0 Å². The molecule has 0 heterocycles. The maximum Gasteiger partial charge on any atom is 0.0686 e. The highest BCUT2D eigenvalue weighted by atomic mass is 32.2. The van der Waals surface area contributed by atoms with Crippen LogP contribution in [0.4, 0.5) is 0 Å². The van der Waals surface area contributed by atoms with Crippen LogP contribution >= 0.6 is 23.5 Å². The number of rotatable bonds is 7. The Hall–Kier alpha value is -1.12. The highest BCUT2D eigenvalue weighted by Gasteiger charge is 2.06. The molecule has 0 radical (unpaired) electrons. The van der Waals surface area contributed by atoms with Gasteiger partial charge in [-0.1, -0.05) is 66.7 Å². The Kier molecular flexibility index (Phi) is 6.12. The van der Waals surface area contributed by atoms with Crippen LogP contribution in [0.3, 0.4) is 0 Å². The Balaban J connectivity index is 1.79. The predicted octanol–water partition coefficient (Wildman–Crippen LogP) is 5.37. The van der Waals surface area contributed by atoms with Crippen LogP contribution in [0.15, 0.2) is 73.3 Å². The molecule has 0 aliphatic rings. The maximum absolute atomic E-state index is 3.94. The van der Waals surface area contributed by atoms with Crippen LogP contribution in [-0.2, 0) is 11.5 Å². The van der Waals surface area contributed by atoms with E-state index >= 15 is 0 Å². The summed E-state index contributed by atoms with van der Waals surface area (Å²) < 4.78 is 0.445. The minimum atomic E-state index is 0.445. The summed E-state index contributed by atoms with van der Waals surface area (Å²) in [6.45, 7) is 3.94. The zero-order valence-corrected chi connectivity index (χ0v) is 12.5. The molecule has 0 amide bonds. The van der Waals surface area contributed by atoms with Gasteiger partial charge < -0.3 is 0 Å². The second kappa shape index (κ2) is 8.13. The van der Waals surface area contributed by atoms with E-state index in [2.05, 4.69) is 67.2 Å². The molecule has 98 valence electrons. The normalized spacial score (nSPS) is 10.6. The van der Waals surface area contributed by atoms with Gasteiger partial charge in [0.25, 0.3) is 0 Å². The molecule has 2 heteroatoms. The lowest BCUT2D eigenvalue weighted by Crippen LogP contribution is -1.94. The van der Waals surface area contributed by atoms with Gasteiger partial charge >= 0.3 is 0 Å². The quantitative estimate of drug-likeness (QED) is 0.496. The van der Waals surface area contributed by atoms with Crippen molar-refractivity contribution in [3.05, 3.63) is 84.4 Å². The molecule has 0 saturated heterocycles. The minimum absolute atomic E-state index is 0.445. The van der Waals surface area contributed by atoms with Crippen LogP contribution in [0.2, 0.25) is 0 Å². The minimum Gasteiger partial charge on any atom is -0.139 e.